The molecule has 0 aliphatic carbocycles. The van der Waals surface area contributed by atoms with Gasteiger partial charge in [-0.05, 0) is 49.2 Å². The van der Waals surface area contributed by atoms with E-state index in [1.807, 2.05) is 24.3 Å². The molecule has 0 radical (unpaired) electrons. The summed E-state index contributed by atoms with van der Waals surface area (Å²) < 4.78 is 12.0. The topological polar surface area (TPSA) is 101 Å². The summed E-state index contributed by atoms with van der Waals surface area (Å²) in [6, 6.07) is 10.9. The summed E-state index contributed by atoms with van der Waals surface area (Å²) in [6.07, 6.45) is 4.73. The summed E-state index contributed by atoms with van der Waals surface area (Å²) in [7, 11) is 3.16. The van der Waals surface area contributed by atoms with Crippen LogP contribution in [0.5, 0.6) is 11.5 Å². The lowest BCUT2D eigenvalue weighted by Gasteiger charge is -2.04. The first-order valence-electron chi connectivity index (χ1n) is 9.74. The minimum Gasteiger partial charge on any atom is -0.497 e. The van der Waals surface area contributed by atoms with Crippen LogP contribution in [-0.4, -0.2) is 38.5 Å². The molecule has 0 heterocycles. The second kappa shape index (κ2) is 13.6. The lowest BCUT2D eigenvalue weighted by molar-refractivity contribution is -0.123. The summed E-state index contributed by atoms with van der Waals surface area (Å²) in [4.78, 5) is 23.8. The zero-order valence-corrected chi connectivity index (χ0v) is 20.9. The van der Waals surface area contributed by atoms with Crippen molar-refractivity contribution in [3.05, 3.63) is 56.5 Å². The van der Waals surface area contributed by atoms with Crippen LogP contribution in [-0.2, 0) is 9.59 Å². The van der Waals surface area contributed by atoms with Gasteiger partial charge in [-0.3, -0.25) is 9.59 Å². The average Bonchev–Trinajstić information content (AvgIpc) is 2.79. The Labute approximate surface area is 203 Å². The number of rotatable bonds is 11. The number of carbonyl (C=O) groups is 2. The molecule has 32 heavy (non-hydrogen) atoms. The van der Waals surface area contributed by atoms with E-state index in [2.05, 4.69) is 52.9 Å². The number of benzene rings is 2. The Morgan fingerprint density at radius 1 is 0.812 bits per heavy atom. The predicted octanol–water partition coefficient (Wildman–Crippen LogP) is 4.39. The normalized spacial score (nSPS) is 11.0. The molecular weight excluding hydrogens is 544 g/mol. The second-order valence-corrected chi connectivity index (χ2v) is 8.28. The van der Waals surface area contributed by atoms with Gasteiger partial charge in [0.05, 0.1) is 26.6 Å². The molecule has 2 N–H and O–H groups in total. The van der Waals surface area contributed by atoms with E-state index in [1.54, 1.807) is 26.4 Å². The molecule has 0 atom stereocenters. The van der Waals surface area contributed by atoms with Gasteiger partial charge in [0.25, 0.3) is 0 Å². The summed E-state index contributed by atoms with van der Waals surface area (Å²) >= 11 is 6.83. The van der Waals surface area contributed by atoms with Crippen LogP contribution in [0.25, 0.3) is 0 Å². The number of nitrogens with one attached hydrogen (secondary N) is 2. The van der Waals surface area contributed by atoms with Crippen molar-refractivity contribution < 1.29 is 19.1 Å². The van der Waals surface area contributed by atoms with Crippen molar-refractivity contribution in [2.45, 2.75) is 25.7 Å². The number of hydrazone groups is 2. The van der Waals surface area contributed by atoms with Crippen LogP contribution in [0, 0.1) is 0 Å². The zero-order chi connectivity index (χ0) is 23.3. The Morgan fingerprint density at radius 2 is 1.22 bits per heavy atom. The number of unbranched alkanes of at least 4 members (excludes halogenated alkanes) is 1. The molecule has 2 aromatic carbocycles. The molecule has 170 valence electrons. The molecule has 0 aliphatic rings. The molecule has 10 heteroatoms. The molecule has 0 bridgehead atoms. The van der Waals surface area contributed by atoms with Gasteiger partial charge in [-0.25, -0.2) is 10.9 Å². The summed E-state index contributed by atoms with van der Waals surface area (Å²) in [5.74, 6) is 0.947. The highest BCUT2D eigenvalue weighted by Crippen LogP contribution is 2.21. The highest BCUT2D eigenvalue weighted by molar-refractivity contribution is 9.10. The molecule has 0 aliphatic heterocycles. The first kappa shape index (κ1) is 25.5. The van der Waals surface area contributed by atoms with E-state index in [-0.39, 0.29) is 24.7 Å². The van der Waals surface area contributed by atoms with E-state index in [1.165, 1.54) is 12.4 Å². The molecule has 2 aromatic rings. The first-order valence-corrected chi connectivity index (χ1v) is 11.3. The summed E-state index contributed by atoms with van der Waals surface area (Å²) in [5, 5.41) is 7.92. The Morgan fingerprint density at radius 3 is 1.59 bits per heavy atom. The number of hydrogen-bond acceptors (Lipinski definition) is 6. The Bertz CT molecular complexity index is 916. The summed E-state index contributed by atoms with van der Waals surface area (Å²) in [6.45, 7) is 0. The van der Waals surface area contributed by atoms with Crippen molar-refractivity contribution >= 4 is 56.1 Å². The molecule has 0 aromatic heterocycles. The van der Waals surface area contributed by atoms with Crippen molar-refractivity contribution in [3.63, 3.8) is 0 Å². The van der Waals surface area contributed by atoms with Gasteiger partial charge in [0.1, 0.15) is 11.5 Å². The maximum Gasteiger partial charge on any atom is 0.240 e. The van der Waals surface area contributed by atoms with Crippen LogP contribution in [0.3, 0.4) is 0 Å². The SMILES string of the molecule is COc1ccc(Br)c(C=NNC(=O)CCCCC(=O)NN=Cc2cc(OC)ccc2Br)c1. The highest BCUT2D eigenvalue weighted by Gasteiger charge is 2.04. The number of methoxy groups -OCH3 is 2. The molecule has 8 nitrogen and oxygen atoms in total. The third kappa shape index (κ3) is 8.80. The summed E-state index contributed by atoms with van der Waals surface area (Å²) in [5.41, 5.74) is 6.52. The van der Waals surface area contributed by atoms with Gasteiger partial charge in [-0.2, -0.15) is 10.2 Å². The van der Waals surface area contributed by atoms with E-state index in [4.69, 9.17) is 9.47 Å². The van der Waals surface area contributed by atoms with E-state index < -0.39 is 0 Å². The van der Waals surface area contributed by atoms with Crippen LogP contribution in [0.4, 0.5) is 0 Å². The van der Waals surface area contributed by atoms with E-state index in [0.717, 1.165) is 20.1 Å². The zero-order valence-electron chi connectivity index (χ0n) is 17.7. The molecule has 0 saturated heterocycles. The Kier molecular flexibility index (Phi) is 10.9. The quantitative estimate of drug-likeness (QED) is 0.239. The van der Waals surface area contributed by atoms with E-state index in [0.29, 0.717) is 24.3 Å². The van der Waals surface area contributed by atoms with Crippen molar-refractivity contribution in [2.24, 2.45) is 10.2 Å². The molecular formula is C22H24Br2N4O4. The van der Waals surface area contributed by atoms with Gasteiger partial charge in [-0.1, -0.05) is 31.9 Å². The number of ether oxygens (including phenoxy) is 2. The lowest BCUT2D eigenvalue weighted by Crippen LogP contribution is -2.19. The smallest absolute Gasteiger partial charge is 0.240 e. The van der Waals surface area contributed by atoms with Gasteiger partial charge in [0.2, 0.25) is 11.8 Å². The number of carbonyl (C=O) groups excluding carboxylic acids is 2. The molecule has 0 spiro atoms. The third-order valence-corrected chi connectivity index (χ3v) is 5.69. The maximum atomic E-state index is 11.9. The second-order valence-electron chi connectivity index (χ2n) is 6.57. The van der Waals surface area contributed by atoms with Gasteiger partial charge in [-0.15, -0.1) is 0 Å². The largest absolute Gasteiger partial charge is 0.497 e. The number of amides is 2. The van der Waals surface area contributed by atoms with E-state index >= 15 is 0 Å². The molecule has 2 amide bonds. The van der Waals surface area contributed by atoms with Crippen LogP contribution in [0.15, 0.2) is 55.5 Å². The molecule has 0 fully saturated rings. The van der Waals surface area contributed by atoms with Crippen molar-refractivity contribution in [2.75, 3.05) is 14.2 Å². The number of hydrogen-bond donors (Lipinski definition) is 2. The Hall–Kier alpha value is -2.72. The lowest BCUT2D eigenvalue weighted by atomic mass is 10.2. The van der Waals surface area contributed by atoms with Crippen LogP contribution in [0.1, 0.15) is 36.8 Å². The van der Waals surface area contributed by atoms with Crippen molar-refractivity contribution in [1.82, 2.24) is 10.9 Å². The van der Waals surface area contributed by atoms with Gasteiger partial charge in [0.15, 0.2) is 0 Å². The van der Waals surface area contributed by atoms with Crippen LogP contribution in [0.2, 0.25) is 0 Å². The third-order valence-electron chi connectivity index (χ3n) is 4.25. The average molecular weight is 568 g/mol. The monoisotopic (exact) mass is 566 g/mol. The minimum atomic E-state index is -0.221. The fraction of sp³-hybridized carbons (Fsp3) is 0.273. The molecule has 0 unspecified atom stereocenters. The van der Waals surface area contributed by atoms with Crippen molar-refractivity contribution in [3.8, 4) is 11.5 Å². The highest BCUT2D eigenvalue weighted by atomic mass is 79.9. The van der Waals surface area contributed by atoms with Crippen LogP contribution >= 0.6 is 31.9 Å². The standard InChI is InChI=1S/C22H24Br2N4O4/c1-31-17-7-9-19(23)15(11-17)13-25-27-21(29)5-3-4-6-22(30)28-26-14-16-12-18(32-2)8-10-20(16)24/h7-14H,3-6H2,1-2H3,(H,27,29)(H,28,30). The maximum absolute atomic E-state index is 11.9. The molecule has 0 saturated carbocycles. The van der Waals surface area contributed by atoms with Gasteiger partial charge >= 0.3 is 0 Å². The van der Waals surface area contributed by atoms with E-state index in [9.17, 15) is 9.59 Å². The van der Waals surface area contributed by atoms with Crippen LogP contribution < -0.4 is 20.3 Å². The van der Waals surface area contributed by atoms with Gasteiger partial charge in [0, 0.05) is 32.9 Å². The molecule has 2 rings (SSSR count). The van der Waals surface area contributed by atoms with Gasteiger partial charge < -0.3 is 9.47 Å². The number of nitrogens with zero attached hydrogens (tertiary/aromatic N) is 2. The minimum absolute atomic E-state index is 0.221. The number of halogens is 2. The first-order chi connectivity index (χ1) is 15.4. The fourth-order valence-electron chi connectivity index (χ4n) is 2.53. The fourth-order valence-corrected chi connectivity index (χ4v) is 3.22. The predicted molar refractivity (Wildman–Crippen MR) is 131 cm³/mol. The Balaban J connectivity index is 1.66. The van der Waals surface area contributed by atoms with Crippen molar-refractivity contribution in [1.29, 1.82) is 0 Å².